The van der Waals surface area contributed by atoms with Crippen LogP contribution in [0.25, 0.3) is 50.7 Å². The van der Waals surface area contributed by atoms with Gasteiger partial charge in [0.05, 0.1) is 11.1 Å². The smallest absolute Gasteiger partial charge is 0.189 e. The molecule has 1 aliphatic heterocycles. The zero-order valence-corrected chi connectivity index (χ0v) is 28.7. The molecule has 2 heterocycles. The van der Waals surface area contributed by atoms with Crippen molar-refractivity contribution in [1.29, 1.82) is 0 Å². The molecule has 0 aliphatic carbocycles. The highest BCUT2D eigenvalue weighted by molar-refractivity contribution is 5.81. The third kappa shape index (κ3) is 4.78. The molecule has 1 aliphatic rings. The lowest BCUT2D eigenvalue weighted by atomic mass is 9.61. The average Bonchev–Trinajstić information content (AvgIpc) is 3.52. The summed E-state index contributed by atoms with van der Waals surface area (Å²) in [5, 5.41) is 5.72. The van der Waals surface area contributed by atoms with Gasteiger partial charge in [0, 0.05) is 16.1 Å². The molecule has 6 aromatic rings. The lowest BCUT2D eigenvalue weighted by Gasteiger charge is -2.46. The lowest BCUT2D eigenvalue weighted by Crippen LogP contribution is -2.53. The van der Waals surface area contributed by atoms with Crippen LogP contribution in [0, 0.1) is 6.92 Å². The normalized spacial score (nSPS) is 18.5. The topological polar surface area (TPSA) is 21.7 Å². The second-order valence-corrected chi connectivity index (χ2v) is 13.6. The fourth-order valence-electron chi connectivity index (χ4n) is 8.02. The molecular weight excluding hydrogens is 571 g/mol. The van der Waals surface area contributed by atoms with Crippen LogP contribution in [-0.2, 0) is 17.4 Å². The Morgan fingerprint density at radius 2 is 1.26 bits per heavy atom. The SMILES string of the molecule is CCCc1cc(-c2ccccc2)cc(-c2ccccc2)c1-[n+]1c(-c2ccccc2C)nn2c1-c1ccccc1C(C)(CC)C2(C)CC. The van der Waals surface area contributed by atoms with Crippen molar-refractivity contribution >= 4 is 0 Å². The Bertz CT molecular complexity index is 2060. The van der Waals surface area contributed by atoms with E-state index in [0.717, 1.165) is 42.9 Å². The van der Waals surface area contributed by atoms with Crippen molar-refractivity contribution in [1.82, 2.24) is 9.78 Å². The zero-order chi connectivity index (χ0) is 32.8. The van der Waals surface area contributed by atoms with Gasteiger partial charge in [0.1, 0.15) is 11.2 Å². The number of aryl methyl sites for hydroxylation is 2. The van der Waals surface area contributed by atoms with Crippen molar-refractivity contribution in [3.05, 3.63) is 138 Å². The molecule has 1 aromatic heterocycles. The highest BCUT2D eigenvalue weighted by Crippen LogP contribution is 2.53. The molecule has 0 fully saturated rings. The summed E-state index contributed by atoms with van der Waals surface area (Å²) < 4.78 is 4.95. The van der Waals surface area contributed by atoms with E-state index in [4.69, 9.17) is 5.10 Å². The van der Waals surface area contributed by atoms with Crippen molar-refractivity contribution in [2.75, 3.05) is 0 Å². The second kappa shape index (κ2) is 12.1. The Morgan fingerprint density at radius 3 is 1.89 bits per heavy atom. The third-order valence-electron chi connectivity index (χ3n) is 11.1. The predicted molar refractivity (Wildman–Crippen MR) is 196 cm³/mol. The first-order valence-corrected chi connectivity index (χ1v) is 17.4. The van der Waals surface area contributed by atoms with E-state index in [1.165, 1.54) is 50.2 Å². The molecule has 0 N–H and O–H groups in total. The maximum absolute atomic E-state index is 5.72. The van der Waals surface area contributed by atoms with Gasteiger partial charge in [-0.2, -0.15) is 4.57 Å². The number of rotatable bonds is 8. The van der Waals surface area contributed by atoms with Crippen LogP contribution in [0.5, 0.6) is 0 Å². The third-order valence-corrected chi connectivity index (χ3v) is 11.1. The molecule has 0 bridgehead atoms. The van der Waals surface area contributed by atoms with Crippen molar-refractivity contribution in [2.24, 2.45) is 0 Å². The maximum atomic E-state index is 5.72. The van der Waals surface area contributed by atoms with Gasteiger partial charge in [0.25, 0.3) is 5.82 Å². The molecule has 2 atom stereocenters. The number of nitrogens with zero attached hydrogens (tertiary/aromatic N) is 3. The van der Waals surface area contributed by atoms with Crippen LogP contribution in [0.3, 0.4) is 0 Å². The molecule has 7 rings (SSSR count). The largest absolute Gasteiger partial charge is 0.314 e. The number of benzene rings is 5. The van der Waals surface area contributed by atoms with Gasteiger partial charge in [-0.05, 0) is 90.8 Å². The number of fused-ring (bicyclic) bond motifs is 3. The standard InChI is InChI=1S/C44H46N3/c1-7-20-34-29-35(32-22-12-10-13-23-32)30-38(33-24-14-11-15-25-33)40(34)46-41(36-26-17-16-21-31(36)4)45-47-42(46)37-27-18-19-28-39(37)43(5,8-2)44(47,6)9-3/h10-19,21-30H,7-9,20H2,1-6H3/q+1. The predicted octanol–water partition coefficient (Wildman–Crippen LogP) is 10.9. The highest BCUT2D eigenvalue weighted by atomic mass is 15.4. The summed E-state index contributed by atoms with van der Waals surface area (Å²) in [7, 11) is 0. The Kier molecular flexibility index (Phi) is 7.96. The van der Waals surface area contributed by atoms with E-state index < -0.39 is 0 Å². The van der Waals surface area contributed by atoms with Crippen molar-refractivity contribution in [3.8, 4) is 50.7 Å². The Morgan fingerprint density at radius 1 is 0.638 bits per heavy atom. The van der Waals surface area contributed by atoms with Gasteiger partial charge in [-0.1, -0.05) is 136 Å². The minimum absolute atomic E-state index is 0.0934. The molecule has 0 spiro atoms. The van der Waals surface area contributed by atoms with Gasteiger partial charge in [0.2, 0.25) is 0 Å². The highest BCUT2D eigenvalue weighted by Gasteiger charge is 2.57. The van der Waals surface area contributed by atoms with Crippen molar-refractivity contribution < 1.29 is 4.57 Å². The zero-order valence-electron chi connectivity index (χ0n) is 28.7. The summed E-state index contributed by atoms with van der Waals surface area (Å²) in [5.41, 5.74) is 12.2. The summed E-state index contributed by atoms with van der Waals surface area (Å²) in [5.74, 6) is 2.16. The van der Waals surface area contributed by atoms with Crippen LogP contribution >= 0.6 is 0 Å². The van der Waals surface area contributed by atoms with Crippen LogP contribution in [0.15, 0.2) is 121 Å². The van der Waals surface area contributed by atoms with Crippen LogP contribution < -0.4 is 4.57 Å². The first-order chi connectivity index (χ1) is 22.9. The summed E-state index contributed by atoms with van der Waals surface area (Å²) in [4.78, 5) is 0. The van der Waals surface area contributed by atoms with Crippen LogP contribution in [0.4, 0.5) is 0 Å². The lowest BCUT2D eigenvalue weighted by molar-refractivity contribution is -0.573. The first kappa shape index (κ1) is 30.9. The summed E-state index contributed by atoms with van der Waals surface area (Å²) in [6.45, 7) is 14.0. The fourth-order valence-corrected chi connectivity index (χ4v) is 8.02. The minimum Gasteiger partial charge on any atom is -0.189 e. The molecule has 0 amide bonds. The van der Waals surface area contributed by atoms with E-state index in [2.05, 4.69) is 172 Å². The molecule has 5 aromatic carbocycles. The van der Waals surface area contributed by atoms with Crippen LogP contribution in [0.1, 0.15) is 70.6 Å². The van der Waals surface area contributed by atoms with Crippen LogP contribution in [0.2, 0.25) is 0 Å². The summed E-state index contributed by atoms with van der Waals surface area (Å²) in [6.07, 6.45) is 3.99. The number of aromatic nitrogens is 3. The van der Waals surface area contributed by atoms with E-state index in [-0.39, 0.29) is 11.0 Å². The van der Waals surface area contributed by atoms with Gasteiger partial charge in [-0.3, -0.25) is 0 Å². The molecule has 2 unspecified atom stereocenters. The van der Waals surface area contributed by atoms with Gasteiger partial charge < -0.3 is 0 Å². The average molecular weight is 617 g/mol. The summed E-state index contributed by atoms with van der Waals surface area (Å²) in [6, 6.07) is 44.4. The van der Waals surface area contributed by atoms with E-state index in [9.17, 15) is 0 Å². The Labute approximate surface area is 280 Å². The minimum atomic E-state index is -0.240. The molecule has 236 valence electrons. The van der Waals surface area contributed by atoms with E-state index >= 15 is 0 Å². The van der Waals surface area contributed by atoms with Crippen molar-refractivity contribution in [3.63, 3.8) is 0 Å². The monoisotopic (exact) mass is 616 g/mol. The number of hydrogen-bond acceptors (Lipinski definition) is 1. The summed E-state index contributed by atoms with van der Waals surface area (Å²) >= 11 is 0. The molecule has 3 heteroatoms. The second-order valence-electron chi connectivity index (χ2n) is 13.6. The molecule has 0 radical (unpaired) electrons. The maximum Gasteiger partial charge on any atom is 0.314 e. The van der Waals surface area contributed by atoms with E-state index in [1.54, 1.807) is 0 Å². The quantitative estimate of drug-likeness (QED) is 0.156. The van der Waals surface area contributed by atoms with E-state index in [1.807, 2.05) is 0 Å². The van der Waals surface area contributed by atoms with Gasteiger partial charge in [-0.25, -0.2) is 0 Å². The molecular formula is C44H46N3+. The van der Waals surface area contributed by atoms with Gasteiger partial charge in [-0.15, -0.1) is 0 Å². The van der Waals surface area contributed by atoms with Gasteiger partial charge in [0.15, 0.2) is 0 Å². The Hall–Kier alpha value is -4.76. The van der Waals surface area contributed by atoms with Crippen LogP contribution in [-0.4, -0.2) is 9.78 Å². The van der Waals surface area contributed by atoms with Gasteiger partial charge >= 0.3 is 5.82 Å². The van der Waals surface area contributed by atoms with Crippen molar-refractivity contribution in [2.45, 2.75) is 78.2 Å². The first-order valence-electron chi connectivity index (χ1n) is 17.4. The Balaban J connectivity index is 1.69. The molecule has 47 heavy (non-hydrogen) atoms. The number of hydrogen-bond donors (Lipinski definition) is 0. The fraction of sp³-hybridized carbons (Fsp3) is 0.273. The molecule has 3 nitrogen and oxygen atoms in total. The molecule has 0 saturated carbocycles. The molecule has 0 saturated heterocycles. The van der Waals surface area contributed by atoms with E-state index in [0.29, 0.717) is 0 Å².